The van der Waals surface area contributed by atoms with Crippen LogP contribution in [-0.4, -0.2) is 23.2 Å². The van der Waals surface area contributed by atoms with Gasteiger partial charge in [0.25, 0.3) is 5.91 Å². The van der Waals surface area contributed by atoms with E-state index in [1.165, 1.54) is 19.2 Å². The number of carbonyl (C=O) groups excluding carboxylic acids is 1. The van der Waals surface area contributed by atoms with E-state index >= 15 is 0 Å². The van der Waals surface area contributed by atoms with E-state index in [4.69, 9.17) is 9.26 Å². The highest BCUT2D eigenvalue weighted by molar-refractivity contribution is 5.95. The number of hydrogen-bond acceptors (Lipinski definition) is 5. The monoisotopic (exact) mass is 319 g/mol. The Morgan fingerprint density at radius 1 is 1.39 bits per heavy atom. The fourth-order valence-electron chi connectivity index (χ4n) is 3.01. The predicted molar refractivity (Wildman–Crippen MR) is 79.6 cm³/mol. The average Bonchev–Trinajstić information content (AvgIpc) is 3.17. The molecule has 1 N–H and O–H groups in total. The minimum Gasteiger partial charge on any atom is -0.494 e. The first-order valence-electron chi connectivity index (χ1n) is 7.51. The maximum absolute atomic E-state index is 14.3. The molecule has 1 saturated carbocycles. The number of rotatable bonds is 4. The summed E-state index contributed by atoms with van der Waals surface area (Å²) in [5, 5.41) is 6.86. The molecule has 23 heavy (non-hydrogen) atoms. The fourth-order valence-corrected chi connectivity index (χ4v) is 3.01. The van der Waals surface area contributed by atoms with E-state index in [9.17, 15) is 9.18 Å². The zero-order valence-electron chi connectivity index (χ0n) is 13.1. The highest BCUT2D eigenvalue weighted by Gasteiger charge is 2.41. The molecule has 3 rings (SSSR count). The molecule has 1 aliphatic carbocycles. The van der Waals surface area contributed by atoms with Crippen LogP contribution in [0.15, 0.2) is 22.7 Å². The van der Waals surface area contributed by atoms with Crippen molar-refractivity contribution in [3.05, 3.63) is 41.3 Å². The maximum atomic E-state index is 14.3. The van der Waals surface area contributed by atoms with Gasteiger partial charge in [-0.25, -0.2) is 4.39 Å². The lowest BCUT2D eigenvalue weighted by Crippen LogP contribution is -2.45. The van der Waals surface area contributed by atoms with Gasteiger partial charge in [-0.3, -0.25) is 4.79 Å². The zero-order chi connectivity index (χ0) is 16.4. The highest BCUT2D eigenvalue weighted by atomic mass is 19.1. The first-order chi connectivity index (χ1) is 11.1. The van der Waals surface area contributed by atoms with Crippen LogP contribution in [0.4, 0.5) is 4.39 Å². The van der Waals surface area contributed by atoms with E-state index < -0.39 is 17.3 Å². The van der Waals surface area contributed by atoms with Gasteiger partial charge in [0.2, 0.25) is 5.89 Å². The average molecular weight is 319 g/mol. The number of hydrogen-bond donors (Lipinski definition) is 1. The number of benzene rings is 1. The first kappa shape index (κ1) is 15.5. The van der Waals surface area contributed by atoms with Crippen LogP contribution in [-0.2, 0) is 5.54 Å². The molecule has 7 heteroatoms. The van der Waals surface area contributed by atoms with Crippen molar-refractivity contribution < 1.29 is 18.4 Å². The molecule has 1 amide bonds. The summed E-state index contributed by atoms with van der Waals surface area (Å²) in [6.07, 6.45) is 3.27. The summed E-state index contributed by atoms with van der Waals surface area (Å²) in [5.41, 5.74) is -0.763. The molecule has 0 spiro atoms. The van der Waals surface area contributed by atoms with Gasteiger partial charge in [0.15, 0.2) is 17.4 Å². The molecule has 1 aliphatic rings. The minimum absolute atomic E-state index is 0.0357. The number of aryl methyl sites for hydroxylation is 1. The van der Waals surface area contributed by atoms with Crippen LogP contribution in [0.3, 0.4) is 0 Å². The van der Waals surface area contributed by atoms with Gasteiger partial charge in [-0.1, -0.05) is 24.1 Å². The normalized spacial score (nSPS) is 16.3. The first-order valence-corrected chi connectivity index (χ1v) is 7.51. The number of aromatic nitrogens is 2. The number of carbonyl (C=O) groups is 1. The Balaban J connectivity index is 1.91. The van der Waals surface area contributed by atoms with Gasteiger partial charge < -0.3 is 14.6 Å². The molecular formula is C16H18FN3O3. The molecule has 1 aromatic heterocycles. The summed E-state index contributed by atoms with van der Waals surface area (Å²) >= 11 is 0. The Hall–Kier alpha value is -2.44. The molecule has 1 fully saturated rings. The summed E-state index contributed by atoms with van der Waals surface area (Å²) in [6, 6.07) is 4.48. The van der Waals surface area contributed by atoms with Crippen molar-refractivity contribution in [3.63, 3.8) is 0 Å². The van der Waals surface area contributed by atoms with Crippen LogP contribution >= 0.6 is 0 Å². The van der Waals surface area contributed by atoms with Crippen LogP contribution in [0, 0.1) is 12.7 Å². The van der Waals surface area contributed by atoms with Gasteiger partial charge in [0.05, 0.1) is 12.7 Å². The lowest BCUT2D eigenvalue weighted by Gasteiger charge is -2.27. The number of halogens is 1. The van der Waals surface area contributed by atoms with Crippen LogP contribution in [0.1, 0.15) is 47.8 Å². The summed E-state index contributed by atoms with van der Waals surface area (Å²) in [7, 11) is 1.36. The second-order valence-electron chi connectivity index (χ2n) is 5.70. The standard InChI is InChI=1S/C16H18FN3O3/c1-10-18-15(20-23-10)16(8-3-4-9-16)19-14(21)11-6-5-7-12(22-2)13(11)17/h5-7H,3-4,8-9H2,1-2H3,(H,19,21). The Morgan fingerprint density at radius 2 is 2.13 bits per heavy atom. The zero-order valence-corrected chi connectivity index (χ0v) is 13.1. The number of amides is 1. The molecule has 0 radical (unpaired) electrons. The quantitative estimate of drug-likeness (QED) is 0.937. The van der Waals surface area contributed by atoms with Crippen molar-refractivity contribution >= 4 is 5.91 Å². The molecule has 0 bridgehead atoms. The SMILES string of the molecule is COc1cccc(C(=O)NC2(c3noc(C)n3)CCCC2)c1F. The van der Waals surface area contributed by atoms with Crippen molar-refractivity contribution in [3.8, 4) is 5.75 Å². The van der Waals surface area contributed by atoms with Crippen molar-refractivity contribution in [1.29, 1.82) is 0 Å². The van der Waals surface area contributed by atoms with Gasteiger partial charge in [-0.05, 0) is 25.0 Å². The third kappa shape index (κ3) is 2.78. The van der Waals surface area contributed by atoms with Crippen LogP contribution < -0.4 is 10.1 Å². The number of nitrogens with one attached hydrogen (secondary N) is 1. The molecule has 6 nitrogen and oxygen atoms in total. The number of methoxy groups -OCH3 is 1. The number of ether oxygens (including phenoxy) is 1. The highest BCUT2D eigenvalue weighted by Crippen LogP contribution is 2.37. The van der Waals surface area contributed by atoms with Gasteiger partial charge in [-0.2, -0.15) is 4.98 Å². The largest absolute Gasteiger partial charge is 0.494 e. The van der Waals surface area contributed by atoms with E-state index in [0.717, 1.165) is 12.8 Å². The fraction of sp³-hybridized carbons (Fsp3) is 0.438. The third-order valence-electron chi connectivity index (χ3n) is 4.19. The van der Waals surface area contributed by atoms with Crippen molar-refractivity contribution in [2.75, 3.05) is 7.11 Å². The van der Waals surface area contributed by atoms with Gasteiger partial charge in [0.1, 0.15) is 5.54 Å². The van der Waals surface area contributed by atoms with Crippen LogP contribution in [0.2, 0.25) is 0 Å². The van der Waals surface area contributed by atoms with Gasteiger partial charge in [-0.15, -0.1) is 0 Å². The molecule has 0 unspecified atom stereocenters. The number of nitrogens with zero attached hydrogens (tertiary/aromatic N) is 2. The summed E-state index contributed by atoms with van der Waals surface area (Å²) in [4.78, 5) is 16.8. The Labute approximate surface area is 133 Å². The third-order valence-corrected chi connectivity index (χ3v) is 4.19. The van der Waals surface area contributed by atoms with Crippen molar-refractivity contribution in [2.45, 2.75) is 38.1 Å². The topological polar surface area (TPSA) is 77.2 Å². The van der Waals surface area contributed by atoms with Crippen molar-refractivity contribution in [2.24, 2.45) is 0 Å². The summed E-state index contributed by atoms with van der Waals surface area (Å²) in [5.74, 6) is -0.263. The molecule has 2 aromatic rings. The van der Waals surface area contributed by atoms with Crippen LogP contribution in [0.5, 0.6) is 5.75 Å². The molecule has 0 aliphatic heterocycles. The lowest BCUT2D eigenvalue weighted by atomic mass is 9.95. The molecule has 122 valence electrons. The second kappa shape index (κ2) is 5.98. The molecule has 1 aromatic carbocycles. The van der Waals surface area contributed by atoms with E-state index in [1.54, 1.807) is 13.0 Å². The van der Waals surface area contributed by atoms with Crippen LogP contribution in [0.25, 0.3) is 0 Å². The molecular weight excluding hydrogens is 301 g/mol. The van der Waals surface area contributed by atoms with Crippen molar-refractivity contribution in [1.82, 2.24) is 15.5 Å². The van der Waals surface area contributed by atoms with Gasteiger partial charge in [0, 0.05) is 6.92 Å². The van der Waals surface area contributed by atoms with E-state index in [0.29, 0.717) is 24.6 Å². The predicted octanol–water partition coefficient (Wildman–Crippen LogP) is 2.73. The summed E-state index contributed by atoms with van der Waals surface area (Å²) in [6.45, 7) is 1.70. The van der Waals surface area contributed by atoms with E-state index in [-0.39, 0.29) is 11.3 Å². The second-order valence-corrected chi connectivity index (χ2v) is 5.70. The molecule has 0 atom stereocenters. The molecule has 1 heterocycles. The Kier molecular flexibility index (Phi) is 4.02. The smallest absolute Gasteiger partial charge is 0.255 e. The lowest BCUT2D eigenvalue weighted by molar-refractivity contribution is 0.0887. The van der Waals surface area contributed by atoms with E-state index in [1.807, 2.05) is 0 Å². The Morgan fingerprint density at radius 3 is 2.74 bits per heavy atom. The Bertz CT molecular complexity index is 723. The van der Waals surface area contributed by atoms with Gasteiger partial charge >= 0.3 is 0 Å². The maximum Gasteiger partial charge on any atom is 0.255 e. The summed E-state index contributed by atoms with van der Waals surface area (Å²) < 4.78 is 24.3. The van der Waals surface area contributed by atoms with E-state index in [2.05, 4.69) is 15.5 Å². The minimum atomic E-state index is -0.704. The molecule has 0 saturated heterocycles.